The molecule has 2 aromatic rings. The van der Waals surface area contributed by atoms with Crippen LogP contribution in [0.1, 0.15) is 16.7 Å². The van der Waals surface area contributed by atoms with Gasteiger partial charge >= 0.3 is 0 Å². The van der Waals surface area contributed by atoms with Gasteiger partial charge in [-0.15, -0.1) is 11.8 Å². The normalized spacial score (nSPS) is 11.3. The van der Waals surface area contributed by atoms with Crippen LogP contribution >= 0.6 is 11.8 Å². The molecule has 1 amide bonds. The molecular formula is C18H21NO3S2. The number of thioether (sulfide) groups is 1. The van der Waals surface area contributed by atoms with Crippen LogP contribution in [0.25, 0.3) is 0 Å². The highest BCUT2D eigenvalue weighted by molar-refractivity contribution is 8.00. The van der Waals surface area contributed by atoms with Gasteiger partial charge in [-0.05, 0) is 50.1 Å². The minimum absolute atomic E-state index is 0.162. The first kappa shape index (κ1) is 18.5. The number of rotatable bonds is 5. The Bertz CT molecular complexity index is 851. The molecule has 0 aliphatic carbocycles. The SMILES string of the molecule is Cc1cc(C)c(SCC(=O)Nc2cccc(S(C)(=O)=O)c2)c(C)c1. The predicted octanol–water partition coefficient (Wildman–Crippen LogP) is 3.75. The summed E-state index contributed by atoms with van der Waals surface area (Å²) in [5, 5.41) is 2.75. The van der Waals surface area contributed by atoms with Crippen LogP contribution in [0.4, 0.5) is 5.69 Å². The number of benzene rings is 2. The number of sulfone groups is 1. The molecule has 0 aliphatic heterocycles. The van der Waals surface area contributed by atoms with Gasteiger partial charge < -0.3 is 5.32 Å². The van der Waals surface area contributed by atoms with Gasteiger partial charge in [-0.25, -0.2) is 8.42 Å². The lowest BCUT2D eigenvalue weighted by Gasteiger charge is -2.11. The first-order valence-electron chi connectivity index (χ1n) is 7.47. The molecule has 0 fully saturated rings. The highest BCUT2D eigenvalue weighted by Crippen LogP contribution is 2.27. The van der Waals surface area contributed by atoms with Crippen molar-refractivity contribution in [3.63, 3.8) is 0 Å². The van der Waals surface area contributed by atoms with Crippen molar-refractivity contribution in [3.05, 3.63) is 53.1 Å². The van der Waals surface area contributed by atoms with Crippen molar-refractivity contribution >= 4 is 33.2 Å². The summed E-state index contributed by atoms with van der Waals surface area (Å²) in [6.45, 7) is 6.13. The molecule has 128 valence electrons. The minimum Gasteiger partial charge on any atom is -0.325 e. The van der Waals surface area contributed by atoms with E-state index < -0.39 is 9.84 Å². The van der Waals surface area contributed by atoms with Crippen molar-refractivity contribution in [1.82, 2.24) is 0 Å². The lowest BCUT2D eigenvalue weighted by Crippen LogP contribution is -2.14. The molecule has 0 spiro atoms. The highest BCUT2D eigenvalue weighted by Gasteiger charge is 2.11. The zero-order valence-electron chi connectivity index (χ0n) is 14.2. The van der Waals surface area contributed by atoms with Crippen LogP contribution in [0.3, 0.4) is 0 Å². The summed E-state index contributed by atoms with van der Waals surface area (Å²) < 4.78 is 23.1. The van der Waals surface area contributed by atoms with Gasteiger partial charge in [-0.3, -0.25) is 4.79 Å². The Hall–Kier alpha value is -1.79. The Morgan fingerprint density at radius 2 is 1.71 bits per heavy atom. The number of carbonyl (C=O) groups is 1. The van der Waals surface area contributed by atoms with E-state index in [2.05, 4.69) is 24.4 Å². The van der Waals surface area contributed by atoms with Gasteiger partial charge in [0.25, 0.3) is 0 Å². The maximum atomic E-state index is 12.2. The van der Waals surface area contributed by atoms with E-state index in [1.807, 2.05) is 13.8 Å². The van der Waals surface area contributed by atoms with Gasteiger partial charge in [-0.2, -0.15) is 0 Å². The molecule has 0 unspecified atom stereocenters. The smallest absolute Gasteiger partial charge is 0.234 e. The van der Waals surface area contributed by atoms with Crippen molar-refractivity contribution in [2.45, 2.75) is 30.6 Å². The summed E-state index contributed by atoms with van der Waals surface area (Å²) >= 11 is 1.49. The van der Waals surface area contributed by atoms with E-state index in [4.69, 9.17) is 0 Å². The van der Waals surface area contributed by atoms with Gasteiger partial charge in [0, 0.05) is 16.8 Å². The molecule has 0 saturated heterocycles. The van der Waals surface area contributed by atoms with Crippen molar-refractivity contribution in [3.8, 4) is 0 Å². The molecule has 0 aromatic heterocycles. The maximum Gasteiger partial charge on any atom is 0.234 e. The third kappa shape index (κ3) is 4.85. The second-order valence-corrected chi connectivity index (χ2v) is 8.87. The van der Waals surface area contributed by atoms with E-state index in [0.29, 0.717) is 5.69 Å². The fourth-order valence-electron chi connectivity index (χ4n) is 2.53. The molecule has 2 aromatic carbocycles. The summed E-state index contributed by atoms with van der Waals surface area (Å²) in [6, 6.07) is 10.5. The monoisotopic (exact) mass is 363 g/mol. The number of anilines is 1. The van der Waals surface area contributed by atoms with Crippen LogP contribution in [0.2, 0.25) is 0 Å². The molecule has 0 saturated carbocycles. The molecule has 4 nitrogen and oxygen atoms in total. The molecule has 0 atom stereocenters. The fourth-order valence-corrected chi connectivity index (χ4v) is 4.12. The van der Waals surface area contributed by atoms with E-state index >= 15 is 0 Å². The van der Waals surface area contributed by atoms with E-state index in [-0.39, 0.29) is 16.6 Å². The predicted molar refractivity (Wildman–Crippen MR) is 99.6 cm³/mol. The molecule has 1 N–H and O–H groups in total. The van der Waals surface area contributed by atoms with Gasteiger partial charge in [-0.1, -0.05) is 23.8 Å². The van der Waals surface area contributed by atoms with Crippen LogP contribution in [0.5, 0.6) is 0 Å². The summed E-state index contributed by atoms with van der Waals surface area (Å²) in [5.74, 6) is 0.110. The van der Waals surface area contributed by atoms with Crippen molar-refractivity contribution in [2.75, 3.05) is 17.3 Å². The van der Waals surface area contributed by atoms with Crippen LogP contribution < -0.4 is 5.32 Å². The Balaban J connectivity index is 2.05. The minimum atomic E-state index is -3.29. The lowest BCUT2D eigenvalue weighted by atomic mass is 10.1. The number of carbonyl (C=O) groups excluding carboxylic acids is 1. The molecule has 2 rings (SSSR count). The average Bonchev–Trinajstić information content (AvgIpc) is 2.45. The molecule has 6 heteroatoms. The van der Waals surface area contributed by atoms with E-state index in [0.717, 1.165) is 22.3 Å². The first-order chi connectivity index (χ1) is 11.2. The van der Waals surface area contributed by atoms with Crippen molar-refractivity contribution in [1.29, 1.82) is 0 Å². The second kappa shape index (κ2) is 7.40. The van der Waals surface area contributed by atoms with Gasteiger partial charge in [0.2, 0.25) is 5.91 Å². The van der Waals surface area contributed by atoms with Gasteiger partial charge in [0.15, 0.2) is 9.84 Å². The lowest BCUT2D eigenvalue weighted by molar-refractivity contribution is -0.113. The Kier molecular flexibility index (Phi) is 5.72. The summed E-state index contributed by atoms with van der Waals surface area (Å²) in [7, 11) is -3.29. The second-order valence-electron chi connectivity index (χ2n) is 5.86. The van der Waals surface area contributed by atoms with E-state index in [1.54, 1.807) is 12.1 Å². The van der Waals surface area contributed by atoms with Crippen LogP contribution in [0, 0.1) is 20.8 Å². The first-order valence-corrected chi connectivity index (χ1v) is 10.3. The molecule has 0 aliphatic rings. The Morgan fingerprint density at radius 3 is 2.29 bits per heavy atom. The molecule has 24 heavy (non-hydrogen) atoms. The Labute approximate surface area is 147 Å². The van der Waals surface area contributed by atoms with Crippen LogP contribution in [-0.4, -0.2) is 26.3 Å². The van der Waals surface area contributed by atoms with Crippen molar-refractivity contribution < 1.29 is 13.2 Å². The quantitative estimate of drug-likeness (QED) is 0.822. The maximum absolute atomic E-state index is 12.2. The standard InChI is InChI=1S/C18H21NO3S2/c1-12-8-13(2)18(14(3)9-12)23-11-17(20)19-15-6-5-7-16(10-15)24(4,21)22/h5-10H,11H2,1-4H3,(H,19,20). The summed E-state index contributed by atoms with van der Waals surface area (Å²) in [5.41, 5.74) is 4.01. The van der Waals surface area contributed by atoms with E-state index in [9.17, 15) is 13.2 Å². The number of aryl methyl sites for hydroxylation is 3. The third-order valence-electron chi connectivity index (χ3n) is 3.50. The molecule has 0 heterocycles. The Morgan fingerprint density at radius 1 is 1.08 bits per heavy atom. The fraction of sp³-hybridized carbons (Fsp3) is 0.278. The zero-order chi connectivity index (χ0) is 17.9. The number of amides is 1. The average molecular weight is 364 g/mol. The summed E-state index contributed by atoms with van der Waals surface area (Å²) in [6.07, 6.45) is 1.15. The van der Waals surface area contributed by atoms with Crippen LogP contribution in [0.15, 0.2) is 46.2 Å². The van der Waals surface area contributed by atoms with Crippen molar-refractivity contribution in [2.24, 2.45) is 0 Å². The molecule has 0 bridgehead atoms. The molecule has 0 radical (unpaired) electrons. The highest BCUT2D eigenvalue weighted by atomic mass is 32.2. The topological polar surface area (TPSA) is 63.2 Å². The number of nitrogens with one attached hydrogen (secondary N) is 1. The molecular weight excluding hydrogens is 342 g/mol. The number of hydrogen-bond donors (Lipinski definition) is 1. The van der Waals surface area contributed by atoms with Gasteiger partial charge in [0.05, 0.1) is 10.6 Å². The van der Waals surface area contributed by atoms with Crippen LogP contribution in [-0.2, 0) is 14.6 Å². The van der Waals surface area contributed by atoms with Gasteiger partial charge in [0.1, 0.15) is 0 Å². The summed E-state index contributed by atoms with van der Waals surface area (Å²) in [4.78, 5) is 13.5. The third-order valence-corrected chi connectivity index (χ3v) is 5.95. The van der Waals surface area contributed by atoms with E-state index in [1.165, 1.54) is 29.5 Å². The zero-order valence-corrected chi connectivity index (χ0v) is 15.8. The number of hydrogen-bond acceptors (Lipinski definition) is 4. The largest absolute Gasteiger partial charge is 0.325 e.